The van der Waals surface area contributed by atoms with Crippen LogP contribution in [0.3, 0.4) is 0 Å². The number of fused-ring (bicyclic) bond motifs is 1. The van der Waals surface area contributed by atoms with E-state index >= 15 is 0 Å². The number of nitrogens with zero attached hydrogens (tertiary/aromatic N) is 17. The van der Waals surface area contributed by atoms with Gasteiger partial charge in [-0.25, -0.2) is 10.6 Å². The van der Waals surface area contributed by atoms with Gasteiger partial charge in [0.25, 0.3) is 39.6 Å². The molecule has 0 saturated carbocycles. The molecule has 11 aromatic rings. The van der Waals surface area contributed by atoms with Crippen molar-refractivity contribution in [2.45, 2.75) is 54.4 Å². The van der Waals surface area contributed by atoms with Crippen LogP contribution in [0.1, 0.15) is 101 Å². The van der Waals surface area contributed by atoms with Gasteiger partial charge in [-0.15, -0.1) is 11.3 Å². The number of nitrogen functional groups attached to an aromatic ring is 2. The Morgan fingerprint density at radius 3 is 1.15 bits per heavy atom. The number of carboxylic acid groups (broad SMARTS) is 1. The number of anilines is 1. The number of aromatic nitrogens is 10. The number of nitriles is 4. The van der Waals surface area contributed by atoms with Gasteiger partial charge in [-0.05, 0) is 118 Å². The fourth-order valence-corrected chi connectivity index (χ4v) is 10.2. The molecule has 0 saturated heterocycles. The lowest BCUT2D eigenvalue weighted by atomic mass is 10.1. The van der Waals surface area contributed by atoms with Crippen molar-refractivity contribution in [2.75, 3.05) is 5.73 Å². The molecule has 502 valence electrons. The number of rotatable bonds is 12. The summed E-state index contributed by atoms with van der Waals surface area (Å²) in [7, 11) is 0. The fraction of sp³-hybridized carbons (Fsp3) is 0.116. The maximum Gasteiger partial charge on any atom is 0.356 e. The number of ketones is 2. The number of Topliss-reactive ketones (excluding diaryl/α,β-unsaturated/α-hetero) is 2. The highest BCUT2D eigenvalue weighted by Crippen LogP contribution is 2.28. The molecule has 5 aromatic carbocycles. The summed E-state index contributed by atoms with van der Waals surface area (Å²) in [5.41, 5.74) is 16.8. The number of benzene rings is 5. The minimum atomic E-state index is -1.28. The Bertz CT molecular complexity index is 5610. The smallest absolute Gasteiger partial charge is 0.356 e. The summed E-state index contributed by atoms with van der Waals surface area (Å²) in [5, 5.41) is 72.0. The predicted molar refractivity (Wildman–Crippen MR) is 368 cm³/mol. The Balaban J connectivity index is 0.000000177. The molecule has 0 aliphatic rings. The zero-order chi connectivity index (χ0) is 73.8. The highest BCUT2D eigenvalue weighted by Gasteiger charge is 2.24. The molecule has 32 heteroatoms. The van der Waals surface area contributed by atoms with Gasteiger partial charge in [0.05, 0.1) is 63.1 Å². The number of azide groups is 1. The zero-order valence-electron chi connectivity index (χ0n) is 54.1. The van der Waals surface area contributed by atoms with E-state index in [1.807, 2.05) is 35.8 Å². The molecule has 0 spiro atoms. The molecule has 0 radical (unpaired) electrons. The molecule has 31 nitrogen and oxygen atoms in total. The number of hydrogen-bond donors (Lipinski definition) is 4. The van der Waals surface area contributed by atoms with Gasteiger partial charge in [0, 0.05) is 32.4 Å². The molecule has 11 rings (SSSR count). The molecule has 0 atom stereocenters. The third-order valence-electron chi connectivity index (χ3n) is 14.4. The quantitative estimate of drug-likeness (QED) is 0.0247. The van der Waals surface area contributed by atoms with Crippen molar-refractivity contribution < 1.29 is 29.1 Å². The van der Waals surface area contributed by atoms with E-state index in [4.69, 9.17) is 43.3 Å². The highest BCUT2D eigenvalue weighted by molar-refractivity contribution is 7.15. The minimum Gasteiger partial charge on any atom is -0.476 e. The van der Waals surface area contributed by atoms with E-state index in [0.29, 0.717) is 61.2 Å². The Kier molecular flexibility index (Phi) is 24.6. The lowest BCUT2D eigenvalue weighted by Crippen LogP contribution is -2.35. The first-order chi connectivity index (χ1) is 48.4. The average molecular weight is 1370 g/mol. The lowest BCUT2D eigenvalue weighted by Gasteiger charge is -2.10. The van der Waals surface area contributed by atoms with Gasteiger partial charge >= 0.3 is 5.97 Å². The standard InChI is InChI=1S/C15H13N3O2S.C15H13N3O2.C13H8N6O2.C13H11N5O2.C13H9N3O3/c1-9(19)7-12-11-8-21-14(16)13(11)15(20)18(17-12)10-5-3-2-4-6-10;1-10(19)8-14-11(2)13(9-16)15(20)18(17-14)12-6-4-3-5-7-12;1-8-10(7-14)13(21)19(9-5-3-2-4-6-9)17-11(8)12(20)16-18-15;1-8-10(7-14)13(20)18(9-5-3-2-4-6-9)17-11(8)12(19)16-15;1-8-10(7-14)12(17)16(15-11(8)13(18)19)9-5-3-2-4-6-9/h2-6,8H,7,16H2,1H3;3-7H,8H2,1-2H3;2-6H,1H3;2-6H,15H2,1H3,(H,16,19);2-6H,1H3,(H,18,19). The first kappa shape index (κ1) is 73.8. The molecule has 6 N–H and O–H groups in total. The van der Waals surface area contributed by atoms with E-state index in [1.54, 1.807) is 158 Å². The monoisotopic (exact) mass is 1370 g/mol. The number of nitrogens with two attached hydrogens (primary N) is 2. The number of carbonyl (C=O) groups is 5. The molecule has 0 fully saturated rings. The minimum absolute atomic E-state index is 0.00756. The second kappa shape index (κ2) is 33.7. The summed E-state index contributed by atoms with van der Waals surface area (Å²) in [4.78, 5) is 121. The van der Waals surface area contributed by atoms with Crippen molar-refractivity contribution in [2.24, 2.45) is 11.0 Å². The Morgan fingerprint density at radius 1 is 0.495 bits per heavy atom. The van der Waals surface area contributed by atoms with Gasteiger partial charge in [0.2, 0.25) is 0 Å². The topological polar surface area (TPSA) is 488 Å². The number of para-hydroxylation sites is 5. The van der Waals surface area contributed by atoms with Crippen LogP contribution in [0.25, 0.3) is 49.7 Å². The van der Waals surface area contributed by atoms with Crippen LogP contribution < -0.4 is 44.8 Å². The van der Waals surface area contributed by atoms with Crippen LogP contribution >= 0.6 is 11.3 Å². The second-order valence-electron chi connectivity index (χ2n) is 21.1. The van der Waals surface area contributed by atoms with Crippen LogP contribution in [0.4, 0.5) is 5.00 Å². The Hall–Kier alpha value is -14.6. The summed E-state index contributed by atoms with van der Waals surface area (Å²) in [6.07, 6.45) is 0.285. The zero-order valence-corrected chi connectivity index (χ0v) is 54.9. The maximum absolute atomic E-state index is 12.6. The fourth-order valence-electron chi connectivity index (χ4n) is 9.39. The second-order valence-corrected chi connectivity index (χ2v) is 22.0. The van der Waals surface area contributed by atoms with Crippen molar-refractivity contribution >= 4 is 56.5 Å². The van der Waals surface area contributed by atoms with E-state index < -0.39 is 40.0 Å². The largest absolute Gasteiger partial charge is 0.476 e. The van der Waals surface area contributed by atoms with Crippen molar-refractivity contribution in [1.29, 1.82) is 21.0 Å². The number of hydrazine groups is 1. The number of amides is 2. The highest BCUT2D eigenvalue weighted by atomic mass is 32.1. The first-order valence-electron chi connectivity index (χ1n) is 29.4. The van der Waals surface area contributed by atoms with Crippen LogP contribution in [-0.4, -0.2) is 83.4 Å². The van der Waals surface area contributed by atoms with Gasteiger partial charge in [0.1, 0.15) is 63.8 Å². The summed E-state index contributed by atoms with van der Waals surface area (Å²) >= 11 is 1.29. The van der Waals surface area contributed by atoms with Crippen LogP contribution in [0.5, 0.6) is 0 Å². The number of nitrogens with one attached hydrogen (secondary N) is 1. The van der Waals surface area contributed by atoms with Crippen molar-refractivity contribution in [3.8, 4) is 52.7 Å². The molecule has 0 bridgehead atoms. The molecular weight excluding hydrogens is 1320 g/mol. The molecule has 2 amide bonds. The first-order valence-corrected chi connectivity index (χ1v) is 30.3. The number of thiophene rings is 1. The molecule has 101 heavy (non-hydrogen) atoms. The molecule has 6 aromatic heterocycles. The van der Waals surface area contributed by atoms with Crippen LogP contribution in [-0.2, 0) is 22.4 Å². The summed E-state index contributed by atoms with van der Waals surface area (Å²) in [5.74, 6) is 2.12. The van der Waals surface area contributed by atoms with Gasteiger partial charge in [-0.1, -0.05) is 91.0 Å². The molecular formula is C69H54N20O11S. The SMILES string of the molecule is CC(=O)Cc1nn(-c2ccccc2)c(=O)c(C#N)c1C.CC(=O)Cc1nn(-c2ccccc2)c(=O)c2c(N)scc12.Cc1c(C(=O)N=[N+]=[N-])nn(-c2ccccc2)c(=O)c1C#N.Cc1c(C(=O)NN)nn(-c2ccccc2)c(=O)c1C#N.Cc1c(C(=O)O)nn(-c2ccccc2)c(=O)c1C#N. The molecule has 0 unspecified atom stereocenters. The van der Waals surface area contributed by atoms with Crippen molar-refractivity contribution in [3.05, 3.63) is 292 Å². The van der Waals surface area contributed by atoms with E-state index in [9.17, 15) is 47.9 Å². The molecule has 0 aliphatic carbocycles. The normalized spacial score (nSPS) is 10.0. The Labute approximate surface area is 574 Å². The summed E-state index contributed by atoms with van der Waals surface area (Å²) in [6.45, 7) is 8.87. The van der Waals surface area contributed by atoms with Crippen LogP contribution in [0.15, 0.2) is 186 Å². The van der Waals surface area contributed by atoms with Crippen LogP contribution in [0.2, 0.25) is 0 Å². The van der Waals surface area contributed by atoms with Crippen LogP contribution in [0, 0.1) is 73.0 Å². The van der Waals surface area contributed by atoms with Crippen molar-refractivity contribution in [3.63, 3.8) is 0 Å². The third-order valence-corrected chi connectivity index (χ3v) is 15.2. The van der Waals surface area contributed by atoms with Gasteiger partial charge in [0.15, 0.2) is 11.4 Å². The third kappa shape index (κ3) is 16.9. The number of aromatic carboxylic acids is 1. The van der Waals surface area contributed by atoms with E-state index in [2.05, 4.69) is 35.5 Å². The maximum atomic E-state index is 12.6. The average Bonchev–Trinajstić information content (AvgIpc) is 1.08. The summed E-state index contributed by atoms with van der Waals surface area (Å²) < 4.78 is 5.35. The number of hydrogen-bond acceptors (Lipinski definition) is 22. The number of carboxylic acids is 1. The molecule has 0 aliphatic heterocycles. The Morgan fingerprint density at radius 2 is 0.802 bits per heavy atom. The van der Waals surface area contributed by atoms with E-state index in [-0.39, 0.29) is 86.0 Å². The van der Waals surface area contributed by atoms with Gasteiger partial charge < -0.3 is 10.8 Å². The van der Waals surface area contributed by atoms with E-state index in [1.165, 1.54) is 55.3 Å². The van der Waals surface area contributed by atoms with E-state index in [0.717, 1.165) is 14.0 Å². The number of carbonyl (C=O) groups excluding carboxylic acids is 4. The van der Waals surface area contributed by atoms with Crippen molar-refractivity contribution in [1.82, 2.24) is 54.3 Å². The summed E-state index contributed by atoms with van der Waals surface area (Å²) in [6, 6.07) is 50.3. The van der Waals surface area contributed by atoms with Gasteiger partial charge in [-0.3, -0.25) is 48.6 Å². The van der Waals surface area contributed by atoms with Gasteiger partial charge in [-0.2, -0.15) is 69.9 Å². The predicted octanol–water partition coefficient (Wildman–Crippen LogP) is 6.70. The lowest BCUT2D eigenvalue weighted by molar-refractivity contribution is -0.117. The molecule has 6 heterocycles.